The summed E-state index contributed by atoms with van der Waals surface area (Å²) in [5, 5.41) is 11.0. The van der Waals surface area contributed by atoms with Crippen molar-refractivity contribution in [3.8, 4) is 0 Å². The molecule has 0 saturated carbocycles. The van der Waals surface area contributed by atoms with Gasteiger partial charge in [0.2, 0.25) is 0 Å². The molecule has 2 fully saturated rings. The predicted octanol–water partition coefficient (Wildman–Crippen LogP) is 0.755. The van der Waals surface area contributed by atoms with Gasteiger partial charge in [-0.05, 0) is 31.0 Å². The van der Waals surface area contributed by atoms with Gasteiger partial charge in [-0.1, -0.05) is 30.3 Å². The van der Waals surface area contributed by atoms with Crippen molar-refractivity contribution in [1.29, 1.82) is 0 Å². The van der Waals surface area contributed by atoms with E-state index in [1.165, 1.54) is 0 Å². The Labute approximate surface area is 147 Å². The quantitative estimate of drug-likeness (QED) is 0.660. The molecule has 1 amide bonds. The van der Waals surface area contributed by atoms with E-state index >= 15 is 0 Å². The first-order chi connectivity index (χ1) is 12.3. The summed E-state index contributed by atoms with van der Waals surface area (Å²) >= 11 is 0. The Hall–Kier alpha value is -2.22. The van der Waals surface area contributed by atoms with Gasteiger partial charge < -0.3 is 10.6 Å². The average Bonchev–Trinajstić information content (AvgIpc) is 3.33. The topological polar surface area (TPSA) is 83.0 Å². The van der Waals surface area contributed by atoms with Crippen LogP contribution in [0.2, 0.25) is 0 Å². The van der Waals surface area contributed by atoms with Crippen LogP contribution in [0.4, 0.5) is 0 Å². The Morgan fingerprint density at radius 1 is 1.20 bits per heavy atom. The number of carbonyl (C=O) groups excluding carboxylic acids is 1. The zero-order chi connectivity index (χ0) is 17.1. The molecule has 2 aromatic rings. The summed E-state index contributed by atoms with van der Waals surface area (Å²) in [5.74, 6) is -0.126. The maximum Gasteiger partial charge on any atom is 0.272 e. The molecular weight excluding hydrogens is 316 g/mol. The van der Waals surface area contributed by atoms with Crippen molar-refractivity contribution in [1.82, 2.24) is 31.3 Å². The lowest BCUT2D eigenvalue weighted by Gasteiger charge is -2.23. The second-order valence-electron chi connectivity index (χ2n) is 6.67. The fraction of sp³-hybridized carbons (Fsp3) is 0.444. The lowest BCUT2D eigenvalue weighted by atomic mass is 10.0. The SMILES string of the molecule is O=C(NC1CNNC1c1ccccc1)c1ccn(C2CCCNC2)n1. The molecular formula is C18H24N6O. The Balaban J connectivity index is 1.42. The van der Waals surface area contributed by atoms with Crippen molar-refractivity contribution >= 4 is 5.91 Å². The predicted molar refractivity (Wildman–Crippen MR) is 94.9 cm³/mol. The number of rotatable bonds is 4. The van der Waals surface area contributed by atoms with Crippen LogP contribution < -0.4 is 21.5 Å². The Morgan fingerprint density at radius 3 is 2.88 bits per heavy atom. The second-order valence-corrected chi connectivity index (χ2v) is 6.67. The van der Waals surface area contributed by atoms with E-state index in [0.29, 0.717) is 18.3 Å². The van der Waals surface area contributed by atoms with E-state index < -0.39 is 0 Å². The standard InChI is InChI=1S/C18H24N6O/c25-18(15-8-10-24(23-15)14-7-4-9-19-11-14)21-16-12-20-22-17(16)13-5-2-1-3-6-13/h1-3,5-6,8,10,14,16-17,19-20,22H,4,7,9,11-12H2,(H,21,25). The molecule has 2 aliphatic rings. The number of nitrogens with one attached hydrogen (secondary N) is 4. The van der Waals surface area contributed by atoms with Gasteiger partial charge in [0.25, 0.3) is 5.91 Å². The van der Waals surface area contributed by atoms with Gasteiger partial charge in [-0.3, -0.25) is 14.9 Å². The molecule has 25 heavy (non-hydrogen) atoms. The number of hydrazine groups is 1. The molecule has 7 heteroatoms. The summed E-state index contributed by atoms with van der Waals surface area (Å²) in [6, 6.07) is 12.3. The number of piperidine rings is 1. The molecule has 3 atom stereocenters. The number of amides is 1. The number of hydrogen-bond donors (Lipinski definition) is 4. The van der Waals surface area contributed by atoms with Gasteiger partial charge in [0.1, 0.15) is 5.69 Å². The molecule has 1 aromatic heterocycles. The van der Waals surface area contributed by atoms with E-state index in [-0.39, 0.29) is 18.0 Å². The van der Waals surface area contributed by atoms with Crippen LogP contribution >= 0.6 is 0 Å². The normalized spacial score (nSPS) is 26.5. The largest absolute Gasteiger partial charge is 0.345 e. The molecule has 3 unspecified atom stereocenters. The minimum atomic E-state index is -0.126. The number of carbonyl (C=O) groups is 1. The van der Waals surface area contributed by atoms with Gasteiger partial charge in [0, 0.05) is 19.3 Å². The van der Waals surface area contributed by atoms with Gasteiger partial charge in [0.15, 0.2) is 0 Å². The third-order valence-corrected chi connectivity index (χ3v) is 4.94. The highest BCUT2D eigenvalue weighted by Crippen LogP contribution is 2.20. The van der Waals surface area contributed by atoms with Crippen LogP contribution in [0, 0.1) is 0 Å². The summed E-state index contributed by atoms with van der Waals surface area (Å²) < 4.78 is 1.92. The highest BCUT2D eigenvalue weighted by molar-refractivity contribution is 5.92. The Bertz CT molecular complexity index is 709. The first-order valence-electron chi connectivity index (χ1n) is 8.91. The van der Waals surface area contributed by atoms with Crippen molar-refractivity contribution in [2.24, 2.45) is 0 Å². The Morgan fingerprint density at radius 2 is 2.08 bits per heavy atom. The maximum absolute atomic E-state index is 12.6. The van der Waals surface area contributed by atoms with Crippen molar-refractivity contribution in [3.05, 3.63) is 53.9 Å². The van der Waals surface area contributed by atoms with Crippen LogP contribution in [0.3, 0.4) is 0 Å². The third-order valence-electron chi connectivity index (χ3n) is 4.94. The van der Waals surface area contributed by atoms with Crippen LogP contribution in [-0.2, 0) is 0 Å². The summed E-state index contributed by atoms with van der Waals surface area (Å²) in [7, 11) is 0. The van der Waals surface area contributed by atoms with E-state index in [2.05, 4.69) is 38.7 Å². The molecule has 2 saturated heterocycles. The summed E-state index contributed by atoms with van der Waals surface area (Å²) in [6.07, 6.45) is 4.15. The van der Waals surface area contributed by atoms with Gasteiger partial charge >= 0.3 is 0 Å². The van der Waals surface area contributed by atoms with Crippen LogP contribution in [0.15, 0.2) is 42.6 Å². The molecule has 7 nitrogen and oxygen atoms in total. The molecule has 0 bridgehead atoms. The minimum Gasteiger partial charge on any atom is -0.345 e. The van der Waals surface area contributed by atoms with Crippen LogP contribution in [0.1, 0.15) is 41.0 Å². The first kappa shape index (κ1) is 16.3. The summed E-state index contributed by atoms with van der Waals surface area (Å²) in [4.78, 5) is 12.6. The second kappa shape index (κ2) is 7.35. The van der Waals surface area contributed by atoms with E-state index in [9.17, 15) is 4.79 Å². The third kappa shape index (κ3) is 3.58. The smallest absolute Gasteiger partial charge is 0.272 e. The van der Waals surface area contributed by atoms with Crippen molar-refractivity contribution < 1.29 is 4.79 Å². The lowest BCUT2D eigenvalue weighted by molar-refractivity contribution is 0.0929. The average molecular weight is 340 g/mol. The maximum atomic E-state index is 12.6. The van der Waals surface area contributed by atoms with E-state index in [1.54, 1.807) is 6.07 Å². The first-order valence-corrected chi connectivity index (χ1v) is 8.91. The molecule has 2 aliphatic heterocycles. The molecule has 0 spiro atoms. The molecule has 4 N–H and O–H groups in total. The van der Waals surface area contributed by atoms with Gasteiger partial charge in [-0.2, -0.15) is 5.10 Å². The number of nitrogens with zero attached hydrogens (tertiary/aromatic N) is 2. The Kier molecular flexibility index (Phi) is 4.78. The fourth-order valence-corrected chi connectivity index (χ4v) is 3.57. The van der Waals surface area contributed by atoms with Crippen molar-refractivity contribution in [2.75, 3.05) is 19.6 Å². The summed E-state index contributed by atoms with van der Waals surface area (Å²) in [6.45, 7) is 2.65. The van der Waals surface area contributed by atoms with Crippen molar-refractivity contribution in [3.63, 3.8) is 0 Å². The van der Waals surface area contributed by atoms with E-state index in [1.807, 2.05) is 29.1 Å². The molecule has 3 heterocycles. The minimum absolute atomic E-state index is 0.0172. The molecule has 132 valence electrons. The lowest BCUT2D eigenvalue weighted by Crippen LogP contribution is -2.40. The molecule has 1 aromatic carbocycles. The summed E-state index contributed by atoms with van der Waals surface area (Å²) in [5.41, 5.74) is 8.00. The van der Waals surface area contributed by atoms with Crippen LogP contribution in [0.5, 0.6) is 0 Å². The van der Waals surface area contributed by atoms with Crippen LogP contribution in [0.25, 0.3) is 0 Å². The number of hydrogen-bond acceptors (Lipinski definition) is 5. The fourth-order valence-electron chi connectivity index (χ4n) is 3.57. The zero-order valence-corrected chi connectivity index (χ0v) is 14.1. The van der Waals surface area contributed by atoms with Gasteiger partial charge in [0.05, 0.1) is 18.1 Å². The van der Waals surface area contributed by atoms with E-state index in [0.717, 1.165) is 31.5 Å². The number of benzene rings is 1. The molecule has 4 rings (SSSR count). The number of aromatic nitrogens is 2. The van der Waals surface area contributed by atoms with Gasteiger partial charge in [-0.25, -0.2) is 5.43 Å². The zero-order valence-electron chi connectivity index (χ0n) is 14.1. The van der Waals surface area contributed by atoms with Crippen molar-refractivity contribution in [2.45, 2.75) is 31.0 Å². The molecule has 0 radical (unpaired) electrons. The monoisotopic (exact) mass is 340 g/mol. The molecule has 0 aliphatic carbocycles. The highest BCUT2D eigenvalue weighted by Gasteiger charge is 2.30. The van der Waals surface area contributed by atoms with Crippen LogP contribution in [-0.4, -0.2) is 41.4 Å². The van der Waals surface area contributed by atoms with Gasteiger partial charge in [-0.15, -0.1) is 0 Å². The highest BCUT2D eigenvalue weighted by atomic mass is 16.2. The van der Waals surface area contributed by atoms with E-state index in [4.69, 9.17) is 0 Å².